The summed E-state index contributed by atoms with van der Waals surface area (Å²) in [6, 6.07) is 9.05. The van der Waals surface area contributed by atoms with E-state index in [4.69, 9.17) is 14.5 Å². The lowest BCUT2D eigenvalue weighted by atomic mass is 9.85. The number of fused-ring (bicyclic) bond motifs is 1. The fraction of sp³-hybridized carbons (Fsp3) is 0.538. The molecule has 2 aromatic heterocycles. The van der Waals surface area contributed by atoms with Gasteiger partial charge >= 0.3 is 6.09 Å². The molecule has 3 aromatic rings. The number of morpholine rings is 1. The summed E-state index contributed by atoms with van der Waals surface area (Å²) >= 11 is 0. The first-order valence-electron chi connectivity index (χ1n) is 13.2. The monoisotopic (exact) mass is 527 g/mol. The van der Waals surface area contributed by atoms with Crippen molar-refractivity contribution in [2.75, 3.05) is 56.2 Å². The Hall–Kier alpha value is -3.54. The van der Waals surface area contributed by atoms with Crippen molar-refractivity contribution in [2.45, 2.75) is 38.2 Å². The molecule has 1 aromatic carbocycles. The molecule has 1 saturated carbocycles. The third kappa shape index (κ3) is 4.96. The van der Waals surface area contributed by atoms with Crippen molar-refractivity contribution in [3.05, 3.63) is 36.2 Å². The number of alkyl halides is 2. The molecular formula is C26H31F2N7O3. The molecule has 1 amide bonds. The lowest BCUT2D eigenvalue weighted by Gasteiger charge is -2.33. The molecule has 38 heavy (non-hydrogen) atoms. The predicted molar refractivity (Wildman–Crippen MR) is 137 cm³/mol. The fourth-order valence-corrected chi connectivity index (χ4v) is 5.64. The average molecular weight is 528 g/mol. The number of rotatable bonds is 7. The van der Waals surface area contributed by atoms with Gasteiger partial charge in [-0.05, 0) is 43.7 Å². The molecule has 0 atom stereocenters. The number of ether oxygens (including phenoxy) is 2. The van der Waals surface area contributed by atoms with Crippen molar-refractivity contribution in [2.24, 2.45) is 5.92 Å². The van der Waals surface area contributed by atoms with Crippen LogP contribution in [0.2, 0.25) is 0 Å². The minimum absolute atomic E-state index is 0.206. The topological polar surface area (TPSA) is 97.6 Å². The van der Waals surface area contributed by atoms with Gasteiger partial charge in [-0.3, -0.25) is 4.57 Å². The number of cyclic esters (lactones) is 1. The summed E-state index contributed by atoms with van der Waals surface area (Å²) in [4.78, 5) is 29.5. The van der Waals surface area contributed by atoms with Crippen molar-refractivity contribution in [3.63, 3.8) is 0 Å². The number of halogens is 2. The maximum atomic E-state index is 14.1. The van der Waals surface area contributed by atoms with Crippen LogP contribution in [0.15, 0.2) is 30.3 Å². The van der Waals surface area contributed by atoms with Crippen LogP contribution in [0, 0.1) is 5.92 Å². The highest BCUT2D eigenvalue weighted by Crippen LogP contribution is 2.31. The van der Waals surface area contributed by atoms with Crippen molar-refractivity contribution >= 4 is 28.9 Å². The number of anilines is 2. The molecule has 1 aliphatic carbocycles. The summed E-state index contributed by atoms with van der Waals surface area (Å²) in [6.45, 7) is 4.27. The van der Waals surface area contributed by atoms with Gasteiger partial charge in [0.1, 0.15) is 18.2 Å². The molecule has 202 valence electrons. The Labute approximate surface area is 218 Å². The van der Waals surface area contributed by atoms with E-state index in [2.05, 4.69) is 20.2 Å². The van der Waals surface area contributed by atoms with E-state index in [9.17, 15) is 13.6 Å². The smallest absolute Gasteiger partial charge is 0.410 e. The van der Waals surface area contributed by atoms with Gasteiger partial charge in [0.25, 0.3) is 6.43 Å². The van der Waals surface area contributed by atoms with Gasteiger partial charge in [-0.2, -0.15) is 9.97 Å². The molecule has 3 aliphatic rings. The molecule has 2 saturated heterocycles. The minimum atomic E-state index is -2.76. The van der Waals surface area contributed by atoms with Gasteiger partial charge in [0, 0.05) is 31.7 Å². The van der Waals surface area contributed by atoms with Gasteiger partial charge in [0.05, 0.1) is 30.8 Å². The molecule has 0 radical (unpaired) electrons. The summed E-state index contributed by atoms with van der Waals surface area (Å²) in [5.41, 5.74) is 1.06. The Kier molecular flexibility index (Phi) is 6.96. The van der Waals surface area contributed by atoms with E-state index in [1.807, 2.05) is 4.90 Å². The fourth-order valence-electron chi connectivity index (χ4n) is 5.64. The second-order valence-electron chi connectivity index (χ2n) is 9.97. The second kappa shape index (κ2) is 10.7. The lowest BCUT2D eigenvalue weighted by molar-refractivity contribution is 0.122. The van der Waals surface area contributed by atoms with Crippen LogP contribution in [0.5, 0.6) is 0 Å². The number of imidazole rings is 1. The third-order valence-corrected chi connectivity index (χ3v) is 7.64. The van der Waals surface area contributed by atoms with Gasteiger partial charge in [0.2, 0.25) is 5.95 Å². The maximum absolute atomic E-state index is 14.1. The number of nitrogens with one attached hydrogen (secondary N) is 1. The number of carbonyl (C=O) groups excluding carboxylic acids is 1. The van der Waals surface area contributed by atoms with Gasteiger partial charge in [-0.1, -0.05) is 12.1 Å². The van der Waals surface area contributed by atoms with E-state index in [1.54, 1.807) is 30.3 Å². The highest BCUT2D eigenvalue weighted by Gasteiger charge is 2.33. The number of amides is 1. The molecular weight excluding hydrogens is 496 g/mol. The quantitative estimate of drug-likeness (QED) is 0.492. The Morgan fingerprint density at radius 1 is 0.974 bits per heavy atom. The lowest BCUT2D eigenvalue weighted by Crippen LogP contribution is -2.39. The molecule has 1 N–H and O–H groups in total. The molecule has 2 aliphatic heterocycles. The largest absolute Gasteiger partial charge is 0.448 e. The van der Waals surface area contributed by atoms with E-state index >= 15 is 0 Å². The van der Waals surface area contributed by atoms with Crippen LogP contribution in [-0.2, 0) is 9.47 Å². The molecule has 12 heteroatoms. The summed E-state index contributed by atoms with van der Waals surface area (Å²) in [5.74, 6) is 1.46. The van der Waals surface area contributed by atoms with Crippen LogP contribution in [0.3, 0.4) is 0 Å². The Morgan fingerprint density at radius 2 is 1.74 bits per heavy atom. The Balaban J connectivity index is 1.25. The van der Waals surface area contributed by atoms with Crippen LogP contribution in [0.25, 0.3) is 16.9 Å². The van der Waals surface area contributed by atoms with Crippen LogP contribution < -0.4 is 10.2 Å². The second-order valence-corrected chi connectivity index (χ2v) is 9.97. The normalized spacial score (nSPS) is 22.3. The zero-order chi connectivity index (χ0) is 26.1. The highest BCUT2D eigenvalue weighted by atomic mass is 19.3. The first kappa shape index (κ1) is 24.8. The van der Waals surface area contributed by atoms with Gasteiger partial charge in [-0.15, -0.1) is 0 Å². The number of benzene rings is 1. The van der Waals surface area contributed by atoms with Crippen LogP contribution in [0.1, 0.15) is 37.9 Å². The zero-order valence-electron chi connectivity index (χ0n) is 21.1. The Bertz CT molecular complexity index is 1290. The van der Waals surface area contributed by atoms with E-state index in [0.29, 0.717) is 80.5 Å². The Morgan fingerprint density at radius 3 is 2.47 bits per heavy atom. The number of hydrogen-bond donors (Lipinski definition) is 1. The van der Waals surface area contributed by atoms with E-state index in [1.165, 1.54) is 4.57 Å². The first-order chi connectivity index (χ1) is 18.6. The molecule has 6 rings (SSSR count). The van der Waals surface area contributed by atoms with E-state index in [0.717, 1.165) is 25.7 Å². The highest BCUT2D eigenvalue weighted by molar-refractivity contribution is 5.78. The van der Waals surface area contributed by atoms with Gasteiger partial charge < -0.3 is 24.6 Å². The van der Waals surface area contributed by atoms with Crippen LogP contribution in [-0.4, -0.2) is 82.6 Å². The van der Waals surface area contributed by atoms with Crippen molar-refractivity contribution < 1.29 is 23.0 Å². The standard InChI is InChI=1S/C26H31F2N7O3/c27-23(28)24-30-19-3-1-2-4-20(19)35(24)22-15-21(33-9-12-37-13-10-33)31-25(32-22)29-16-17-5-7-18(8-6-17)34-11-14-38-26(34)36/h1-4,15,17-18,23H,5-14,16H2,(H,29,31,32). The average Bonchev–Trinajstić information content (AvgIpc) is 3.56. The minimum Gasteiger partial charge on any atom is -0.448 e. The van der Waals surface area contributed by atoms with Crippen molar-refractivity contribution in [1.82, 2.24) is 24.4 Å². The zero-order valence-corrected chi connectivity index (χ0v) is 21.1. The van der Waals surface area contributed by atoms with Crippen LogP contribution in [0.4, 0.5) is 25.3 Å². The molecule has 4 heterocycles. The van der Waals surface area contributed by atoms with Crippen molar-refractivity contribution in [1.29, 1.82) is 0 Å². The molecule has 10 nitrogen and oxygen atoms in total. The van der Waals surface area contributed by atoms with Crippen LogP contribution >= 0.6 is 0 Å². The van der Waals surface area contributed by atoms with E-state index < -0.39 is 6.43 Å². The predicted octanol–water partition coefficient (Wildman–Crippen LogP) is 4.01. The first-order valence-corrected chi connectivity index (χ1v) is 13.2. The number of nitrogens with zero attached hydrogens (tertiary/aromatic N) is 6. The summed E-state index contributed by atoms with van der Waals surface area (Å²) in [6.07, 6.45) is 0.838. The number of para-hydroxylation sites is 2. The molecule has 0 spiro atoms. The summed E-state index contributed by atoms with van der Waals surface area (Å²) < 4.78 is 40.1. The number of carbonyl (C=O) groups is 1. The SMILES string of the molecule is O=C1OCCN1C1CCC(CNc2nc(N3CCOCC3)cc(-n3c(C(F)F)nc4ccccc43)n2)CC1. The molecule has 0 bridgehead atoms. The number of hydrogen-bond acceptors (Lipinski definition) is 8. The van der Waals surface area contributed by atoms with Crippen molar-refractivity contribution in [3.8, 4) is 5.82 Å². The maximum Gasteiger partial charge on any atom is 0.410 e. The molecule has 0 unspecified atom stereocenters. The van der Waals surface area contributed by atoms with E-state index in [-0.39, 0.29) is 18.0 Å². The third-order valence-electron chi connectivity index (χ3n) is 7.64. The molecule has 3 fully saturated rings. The van der Waals surface area contributed by atoms with Gasteiger partial charge in [-0.25, -0.2) is 18.6 Å². The summed E-state index contributed by atoms with van der Waals surface area (Å²) in [7, 11) is 0. The van der Waals surface area contributed by atoms with Gasteiger partial charge in [0.15, 0.2) is 5.82 Å². The summed E-state index contributed by atoms with van der Waals surface area (Å²) in [5, 5.41) is 3.38. The number of aromatic nitrogens is 4.